The van der Waals surface area contributed by atoms with E-state index in [0.29, 0.717) is 6.54 Å². The number of hydrogen-bond acceptors (Lipinski definition) is 5. The molecule has 0 aliphatic rings. The van der Waals surface area contributed by atoms with Crippen LogP contribution in [0.1, 0.15) is 45.0 Å². The molecule has 0 saturated heterocycles. The van der Waals surface area contributed by atoms with Crippen molar-refractivity contribution in [1.82, 2.24) is 9.97 Å². The Hall–Kier alpha value is -1.36. The van der Waals surface area contributed by atoms with Gasteiger partial charge in [-0.05, 0) is 20.8 Å². The first-order chi connectivity index (χ1) is 8.45. The summed E-state index contributed by atoms with van der Waals surface area (Å²) in [6.07, 6.45) is -0.399. The van der Waals surface area contributed by atoms with Crippen molar-refractivity contribution in [1.29, 1.82) is 0 Å². The van der Waals surface area contributed by atoms with Crippen LogP contribution in [0.2, 0.25) is 0 Å². The van der Waals surface area contributed by atoms with Crippen molar-refractivity contribution in [3.05, 3.63) is 11.4 Å². The minimum atomic E-state index is -0.399. The molecule has 1 unspecified atom stereocenters. The Morgan fingerprint density at radius 2 is 1.67 bits per heavy atom. The molecule has 102 valence electrons. The number of aliphatic hydroxyl groups is 1. The SMILES string of the molecule is CCNc1nc(C(C)C)nc(NCC(C)O)c1C. The first kappa shape index (κ1) is 14.7. The van der Waals surface area contributed by atoms with Gasteiger partial charge >= 0.3 is 0 Å². The highest BCUT2D eigenvalue weighted by atomic mass is 16.3. The molecule has 0 fully saturated rings. The number of anilines is 2. The lowest BCUT2D eigenvalue weighted by Crippen LogP contribution is -2.18. The van der Waals surface area contributed by atoms with Crippen molar-refractivity contribution in [3.63, 3.8) is 0 Å². The van der Waals surface area contributed by atoms with Gasteiger partial charge in [-0.2, -0.15) is 0 Å². The molecule has 0 bridgehead atoms. The molecule has 1 aromatic rings. The zero-order valence-corrected chi connectivity index (χ0v) is 11.9. The Labute approximate surface area is 109 Å². The molecule has 1 aromatic heterocycles. The Morgan fingerprint density at radius 1 is 1.11 bits per heavy atom. The monoisotopic (exact) mass is 252 g/mol. The van der Waals surface area contributed by atoms with Gasteiger partial charge in [0.25, 0.3) is 0 Å². The fourth-order valence-electron chi connectivity index (χ4n) is 1.55. The van der Waals surface area contributed by atoms with Crippen LogP contribution in [0.3, 0.4) is 0 Å². The summed E-state index contributed by atoms with van der Waals surface area (Å²) < 4.78 is 0. The normalized spacial score (nSPS) is 12.6. The van der Waals surface area contributed by atoms with Crippen LogP contribution < -0.4 is 10.6 Å². The van der Waals surface area contributed by atoms with E-state index in [9.17, 15) is 5.11 Å². The molecule has 5 nitrogen and oxygen atoms in total. The second-order valence-corrected chi connectivity index (χ2v) is 4.82. The molecule has 1 atom stereocenters. The van der Waals surface area contributed by atoms with E-state index >= 15 is 0 Å². The predicted octanol–water partition coefficient (Wildman–Crippen LogP) is 2.13. The van der Waals surface area contributed by atoms with Crippen molar-refractivity contribution >= 4 is 11.6 Å². The summed E-state index contributed by atoms with van der Waals surface area (Å²) in [5.41, 5.74) is 0.988. The second-order valence-electron chi connectivity index (χ2n) is 4.82. The highest BCUT2D eigenvalue weighted by molar-refractivity contribution is 5.57. The van der Waals surface area contributed by atoms with Crippen molar-refractivity contribution in [3.8, 4) is 0 Å². The van der Waals surface area contributed by atoms with Gasteiger partial charge in [-0.1, -0.05) is 13.8 Å². The molecule has 0 amide bonds. The molecule has 18 heavy (non-hydrogen) atoms. The molecule has 0 aliphatic carbocycles. The van der Waals surface area contributed by atoms with Gasteiger partial charge in [-0.15, -0.1) is 0 Å². The number of aromatic nitrogens is 2. The van der Waals surface area contributed by atoms with Crippen molar-refractivity contribution in [2.75, 3.05) is 23.7 Å². The smallest absolute Gasteiger partial charge is 0.135 e. The summed E-state index contributed by atoms with van der Waals surface area (Å²) in [6.45, 7) is 11.2. The third-order valence-electron chi connectivity index (χ3n) is 2.59. The third-order valence-corrected chi connectivity index (χ3v) is 2.59. The highest BCUT2D eigenvalue weighted by Crippen LogP contribution is 2.22. The number of rotatable bonds is 6. The molecule has 0 radical (unpaired) electrons. The summed E-state index contributed by atoms with van der Waals surface area (Å²) in [5.74, 6) is 2.74. The van der Waals surface area contributed by atoms with E-state index in [1.807, 2.05) is 13.8 Å². The van der Waals surface area contributed by atoms with E-state index in [2.05, 4.69) is 34.4 Å². The van der Waals surface area contributed by atoms with Crippen LogP contribution in [0.15, 0.2) is 0 Å². The highest BCUT2D eigenvalue weighted by Gasteiger charge is 2.12. The van der Waals surface area contributed by atoms with Crippen molar-refractivity contribution in [2.45, 2.75) is 46.6 Å². The number of nitrogens with zero attached hydrogens (tertiary/aromatic N) is 2. The van der Waals surface area contributed by atoms with Crippen LogP contribution >= 0.6 is 0 Å². The van der Waals surface area contributed by atoms with E-state index in [-0.39, 0.29) is 5.92 Å². The molecule has 1 rings (SSSR count). The van der Waals surface area contributed by atoms with Gasteiger partial charge in [0.1, 0.15) is 17.5 Å². The Bertz CT molecular complexity index is 391. The van der Waals surface area contributed by atoms with E-state index in [1.54, 1.807) is 6.92 Å². The second kappa shape index (κ2) is 6.54. The molecule has 0 spiro atoms. The van der Waals surface area contributed by atoms with Crippen LogP contribution in [0.5, 0.6) is 0 Å². The Balaban J connectivity index is 3.05. The van der Waals surface area contributed by atoms with Crippen LogP contribution in [-0.4, -0.2) is 34.3 Å². The summed E-state index contributed by atoms with van der Waals surface area (Å²) in [4.78, 5) is 9.04. The average Bonchev–Trinajstić information content (AvgIpc) is 2.29. The summed E-state index contributed by atoms with van der Waals surface area (Å²) in [5, 5.41) is 15.7. The van der Waals surface area contributed by atoms with Gasteiger partial charge in [0.15, 0.2) is 0 Å². The average molecular weight is 252 g/mol. The predicted molar refractivity (Wildman–Crippen MR) is 75.2 cm³/mol. The maximum atomic E-state index is 9.33. The largest absolute Gasteiger partial charge is 0.392 e. The van der Waals surface area contributed by atoms with E-state index in [0.717, 1.165) is 29.6 Å². The van der Waals surface area contributed by atoms with Gasteiger partial charge in [0.2, 0.25) is 0 Å². The minimum Gasteiger partial charge on any atom is -0.392 e. The third kappa shape index (κ3) is 3.84. The van der Waals surface area contributed by atoms with Gasteiger partial charge < -0.3 is 15.7 Å². The van der Waals surface area contributed by atoms with Crippen LogP contribution in [-0.2, 0) is 0 Å². The maximum Gasteiger partial charge on any atom is 0.135 e. The lowest BCUT2D eigenvalue weighted by Gasteiger charge is -2.16. The van der Waals surface area contributed by atoms with Crippen molar-refractivity contribution < 1.29 is 5.11 Å². The van der Waals surface area contributed by atoms with Crippen LogP contribution in [0, 0.1) is 6.92 Å². The number of nitrogens with one attached hydrogen (secondary N) is 2. The first-order valence-corrected chi connectivity index (χ1v) is 6.50. The van der Waals surface area contributed by atoms with E-state index < -0.39 is 6.10 Å². The Kier molecular flexibility index (Phi) is 5.34. The fraction of sp³-hybridized carbons (Fsp3) is 0.692. The molecule has 3 N–H and O–H groups in total. The molecule has 0 aromatic carbocycles. The maximum absolute atomic E-state index is 9.33. The zero-order chi connectivity index (χ0) is 13.7. The van der Waals surface area contributed by atoms with Crippen molar-refractivity contribution in [2.24, 2.45) is 0 Å². The molecular weight excluding hydrogens is 228 g/mol. The molecular formula is C13H24N4O. The summed E-state index contributed by atoms with van der Waals surface area (Å²) in [6, 6.07) is 0. The van der Waals surface area contributed by atoms with Gasteiger partial charge in [-0.3, -0.25) is 0 Å². The molecule has 0 saturated carbocycles. The quantitative estimate of drug-likeness (QED) is 0.723. The first-order valence-electron chi connectivity index (χ1n) is 6.50. The molecule has 5 heteroatoms. The minimum absolute atomic E-state index is 0.273. The fourth-order valence-corrected chi connectivity index (χ4v) is 1.55. The lowest BCUT2D eigenvalue weighted by molar-refractivity contribution is 0.208. The van der Waals surface area contributed by atoms with E-state index in [1.165, 1.54) is 0 Å². The van der Waals surface area contributed by atoms with Crippen LogP contribution in [0.4, 0.5) is 11.6 Å². The molecule has 1 heterocycles. The molecule has 0 aliphatic heterocycles. The number of aliphatic hydroxyl groups excluding tert-OH is 1. The van der Waals surface area contributed by atoms with Crippen LogP contribution in [0.25, 0.3) is 0 Å². The van der Waals surface area contributed by atoms with Gasteiger partial charge in [-0.25, -0.2) is 9.97 Å². The zero-order valence-electron chi connectivity index (χ0n) is 11.9. The summed E-state index contributed by atoms with van der Waals surface area (Å²) in [7, 11) is 0. The summed E-state index contributed by atoms with van der Waals surface area (Å²) >= 11 is 0. The Morgan fingerprint density at radius 3 is 2.11 bits per heavy atom. The van der Waals surface area contributed by atoms with Gasteiger partial charge in [0, 0.05) is 24.6 Å². The standard InChI is InChI=1S/C13H24N4O/c1-6-14-12-10(5)13(15-7-9(4)18)17-11(16-12)8(2)3/h8-9,18H,6-7H2,1-5H3,(H2,14,15,16,17). The van der Waals surface area contributed by atoms with E-state index in [4.69, 9.17) is 0 Å². The topological polar surface area (TPSA) is 70.1 Å². The van der Waals surface area contributed by atoms with Gasteiger partial charge in [0.05, 0.1) is 6.10 Å². The number of hydrogen-bond donors (Lipinski definition) is 3. The lowest BCUT2D eigenvalue weighted by atomic mass is 10.2.